The molecule has 2 N–H and O–H groups in total. The van der Waals surface area contributed by atoms with Gasteiger partial charge in [0.05, 0.1) is 5.69 Å². The van der Waals surface area contributed by atoms with Crippen LogP contribution in [0.1, 0.15) is 31.2 Å². The smallest absolute Gasteiger partial charge is 0.172 e. The third-order valence-electron chi connectivity index (χ3n) is 1.82. The van der Waals surface area contributed by atoms with Gasteiger partial charge in [-0.3, -0.25) is 0 Å². The second-order valence-corrected chi connectivity index (χ2v) is 3.27. The molecule has 1 heterocycles. The van der Waals surface area contributed by atoms with Crippen LogP contribution in [0.5, 0.6) is 0 Å². The van der Waals surface area contributed by atoms with E-state index in [-0.39, 0.29) is 16.7 Å². The molecule has 0 aliphatic heterocycles. The van der Waals surface area contributed by atoms with E-state index in [2.05, 4.69) is 16.9 Å². The van der Waals surface area contributed by atoms with Crippen molar-refractivity contribution >= 4 is 17.4 Å². The first-order valence-electron chi connectivity index (χ1n) is 4.41. The van der Waals surface area contributed by atoms with E-state index in [9.17, 15) is 0 Å². The van der Waals surface area contributed by atoms with E-state index in [4.69, 9.17) is 22.6 Å². The van der Waals surface area contributed by atoms with Gasteiger partial charge in [-0.1, -0.05) is 24.9 Å². The number of rotatable bonds is 3. The molecule has 0 atom stereocenters. The summed E-state index contributed by atoms with van der Waals surface area (Å²) >= 11 is 5.65. The maximum atomic E-state index is 8.78. The monoisotopic (exact) mass is 210 g/mol. The minimum atomic E-state index is 0.0989. The number of nitrogens with two attached hydrogens (primary N) is 1. The average molecular weight is 211 g/mol. The number of aryl methyl sites for hydroxylation is 1. The van der Waals surface area contributed by atoms with Crippen molar-refractivity contribution in [2.45, 2.75) is 26.2 Å². The highest BCUT2D eigenvalue weighted by Gasteiger charge is 2.09. The standard InChI is InChI=1S/C9H11ClN4/c1-2-3-4-6-7(5-11)13-8(10)9(12)14-6/h2-4H2,1H3,(H2,12,14). The molecular formula is C9H11ClN4. The number of hydrogen-bond donors (Lipinski definition) is 1. The van der Waals surface area contributed by atoms with Crippen LogP contribution < -0.4 is 5.73 Å². The van der Waals surface area contributed by atoms with Gasteiger partial charge in [-0.2, -0.15) is 5.26 Å². The third kappa shape index (κ3) is 2.33. The van der Waals surface area contributed by atoms with Gasteiger partial charge in [0.2, 0.25) is 0 Å². The third-order valence-corrected chi connectivity index (χ3v) is 2.10. The molecule has 1 rings (SSSR count). The van der Waals surface area contributed by atoms with Crippen molar-refractivity contribution in [3.05, 3.63) is 16.5 Å². The number of nitrogen functional groups attached to an aromatic ring is 1. The lowest BCUT2D eigenvalue weighted by Gasteiger charge is -2.03. The zero-order valence-electron chi connectivity index (χ0n) is 7.92. The molecule has 0 saturated heterocycles. The molecule has 0 fully saturated rings. The van der Waals surface area contributed by atoms with E-state index in [1.807, 2.05) is 6.07 Å². The van der Waals surface area contributed by atoms with E-state index in [0.717, 1.165) is 12.8 Å². The number of hydrogen-bond acceptors (Lipinski definition) is 4. The van der Waals surface area contributed by atoms with Gasteiger partial charge in [0.1, 0.15) is 6.07 Å². The lowest BCUT2D eigenvalue weighted by atomic mass is 10.1. The van der Waals surface area contributed by atoms with Crippen molar-refractivity contribution in [2.75, 3.05) is 5.73 Å². The number of nitrogens with zero attached hydrogens (tertiary/aromatic N) is 3. The second kappa shape index (κ2) is 4.77. The highest BCUT2D eigenvalue weighted by molar-refractivity contribution is 6.31. The second-order valence-electron chi connectivity index (χ2n) is 2.91. The molecule has 0 aliphatic rings. The van der Waals surface area contributed by atoms with Gasteiger partial charge in [0, 0.05) is 0 Å². The predicted molar refractivity (Wildman–Crippen MR) is 54.8 cm³/mol. The first-order chi connectivity index (χ1) is 6.69. The molecule has 0 aliphatic carbocycles. The van der Waals surface area contributed by atoms with E-state index in [0.29, 0.717) is 12.1 Å². The van der Waals surface area contributed by atoms with Crippen LogP contribution in [-0.2, 0) is 6.42 Å². The maximum Gasteiger partial charge on any atom is 0.172 e. The summed E-state index contributed by atoms with van der Waals surface area (Å²) in [4.78, 5) is 7.90. The molecule has 0 amide bonds. The summed E-state index contributed by atoms with van der Waals surface area (Å²) in [5.41, 5.74) is 6.41. The minimum Gasteiger partial charge on any atom is -0.381 e. The molecule has 0 radical (unpaired) electrons. The Kier molecular flexibility index (Phi) is 3.66. The number of halogens is 1. The lowest BCUT2D eigenvalue weighted by Crippen LogP contribution is -2.03. The topological polar surface area (TPSA) is 75.6 Å². The van der Waals surface area contributed by atoms with Crippen molar-refractivity contribution < 1.29 is 0 Å². The van der Waals surface area contributed by atoms with Gasteiger partial charge in [-0.05, 0) is 12.8 Å². The average Bonchev–Trinajstić information content (AvgIpc) is 2.19. The van der Waals surface area contributed by atoms with Crippen LogP contribution >= 0.6 is 11.6 Å². The Bertz CT molecular complexity index is 370. The Morgan fingerprint density at radius 2 is 2.21 bits per heavy atom. The molecule has 0 spiro atoms. The molecule has 14 heavy (non-hydrogen) atoms. The first kappa shape index (κ1) is 10.7. The van der Waals surface area contributed by atoms with Gasteiger partial charge >= 0.3 is 0 Å². The van der Waals surface area contributed by atoms with Gasteiger partial charge in [-0.25, -0.2) is 9.97 Å². The molecule has 4 nitrogen and oxygen atoms in total. The molecule has 1 aromatic rings. The fraction of sp³-hybridized carbons (Fsp3) is 0.444. The maximum absolute atomic E-state index is 8.78. The van der Waals surface area contributed by atoms with Crippen LogP contribution in [0.4, 0.5) is 5.82 Å². The molecule has 0 aromatic carbocycles. The summed E-state index contributed by atoms with van der Waals surface area (Å²) in [6.07, 6.45) is 2.72. The number of aromatic nitrogens is 2. The lowest BCUT2D eigenvalue weighted by molar-refractivity contribution is 0.770. The van der Waals surface area contributed by atoms with Gasteiger partial charge in [0.25, 0.3) is 0 Å². The van der Waals surface area contributed by atoms with Crippen molar-refractivity contribution in [3.8, 4) is 6.07 Å². The Morgan fingerprint density at radius 1 is 1.50 bits per heavy atom. The molecule has 0 bridgehead atoms. The van der Waals surface area contributed by atoms with Crippen molar-refractivity contribution in [3.63, 3.8) is 0 Å². The number of anilines is 1. The molecular weight excluding hydrogens is 200 g/mol. The summed E-state index contributed by atoms with van der Waals surface area (Å²) in [5.74, 6) is 0.191. The summed E-state index contributed by atoms with van der Waals surface area (Å²) in [5, 5.41) is 8.88. The Morgan fingerprint density at radius 3 is 2.79 bits per heavy atom. The fourth-order valence-electron chi connectivity index (χ4n) is 1.07. The zero-order chi connectivity index (χ0) is 10.6. The van der Waals surface area contributed by atoms with E-state index < -0.39 is 0 Å². The molecule has 5 heteroatoms. The van der Waals surface area contributed by atoms with Crippen LogP contribution in [0.15, 0.2) is 0 Å². The SMILES string of the molecule is CCCCc1nc(N)c(Cl)nc1C#N. The predicted octanol–water partition coefficient (Wildman–Crippen LogP) is 1.93. The Hall–Kier alpha value is -1.34. The molecule has 1 aromatic heterocycles. The van der Waals surface area contributed by atoms with Crippen LogP contribution in [0, 0.1) is 11.3 Å². The van der Waals surface area contributed by atoms with Crippen LogP contribution in [0.3, 0.4) is 0 Å². The zero-order valence-corrected chi connectivity index (χ0v) is 8.67. The number of unbranched alkanes of at least 4 members (excludes halogenated alkanes) is 1. The quantitative estimate of drug-likeness (QED) is 0.827. The van der Waals surface area contributed by atoms with Crippen molar-refractivity contribution in [1.82, 2.24) is 9.97 Å². The van der Waals surface area contributed by atoms with Gasteiger partial charge < -0.3 is 5.73 Å². The van der Waals surface area contributed by atoms with Crippen LogP contribution in [0.25, 0.3) is 0 Å². The fourth-order valence-corrected chi connectivity index (χ4v) is 1.20. The molecule has 0 unspecified atom stereocenters. The van der Waals surface area contributed by atoms with Gasteiger partial charge in [-0.15, -0.1) is 0 Å². The molecule has 0 saturated carbocycles. The summed E-state index contributed by atoms with van der Waals surface area (Å²) < 4.78 is 0. The summed E-state index contributed by atoms with van der Waals surface area (Å²) in [7, 11) is 0. The van der Waals surface area contributed by atoms with E-state index in [1.165, 1.54) is 0 Å². The van der Waals surface area contributed by atoms with E-state index >= 15 is 0 Å². The highest BCUT2D eigenvalue weighted by Crippen LogP contribution is 2.16. The largest absolute Gasteiger partial charge is 0.381 e. The number of nitriles is 1. The Balaban J connectivity index is 3.02. The van der Waals surface area contributed by atoms with Crippen molar-refractivity contribution in [2.24, 2.45) is 0 Å². The van der Waals surface area contributed by atoms with Gasteiger partial charge in [0.15, 0.2) is 16.7 Å². The molecule has 74 valence electrons. The summed E-state index contributed by atoms with van der Waals surface area (Å²) in [6, 6.07) is 1.96. The van der Waals surface area contributed by atoms with Crippen LogP contribution in [0.2, 0.25) is 5.15 Å². The van der Waals surface area contributed by atoms with Crippen LogP contribution in [-0.4, -0.2) is 9.97 Å². The summed E-state index contributed by atoms with van der Waals surface area (Å²) in [6.45, 7) is 2.07. The highest BCUT2D eigenvalue weighted by atomic mass is 35.5. The minimum absolute atomic E-state index is 0.0989. The first-order valence-corrected chi connectivity index (χ1v) is 4.78. The normalized spacial score (nSPS) is 9.79. The van der Waals surface area contributed by atoms with E-state index in [1.54, 1.807) is 0 Å². The van der Waals surface area contributed by atoms with Crippen molar-refractivity contribution in [1.29, 1.82) is 5.26 Å². The Labute approximate surface area is 87.7 Å².